The molecule has 6 heteroatoms. The molecule has 0 aromatic heterocycles. The SMILES string of the molecule is CCc1ccc(C(=O)OCC(=O)N[C@H](Cc2ccccc2)C(=O)OC)cc1. The molecule has 0 bridgehead atoms. The highest BCUT2D eigenvalue weighted by atomic mass is 16.5. The molecular formula is C21H23NO5. The predicted octanol–water partition coefficient (Wildman–Crippen LogP) is 2.31. The first-order valence-electron chi connectivity index (χ1n) is 8.70. The van der Waals surface area contributed by atoms with Crippen LogP contribution >= 0.6 is 0 Å². The van der Waals surface area contributed by atoms with E-state index < -0.39 is 30.5 Å². The molecular weight excluding hydrogens is 346 g/mol. The second-order valence-electron chi connectivity index (χ2n) is 5.96. The minimum Gasteiger partial charge on any atom is -0.467 e. The van der Waals surface area contributed by atoms with Crippen molar-refractivity contribution in [3.63, 3.8) is 0 Å². The molecule has 1 atom stereocenters. The van der Waals surface area contributed by atoms with Crippen LogP contribution in [0.1, 0.15) is 28.4 Å². The molecule has 0 saturated carbocycles. The minimum atomic E-state index is -0.854. The number of methoxy groups -OCH3 is 1. The average molecular weight is 369 g/mol. The minimum absolute atomic E-state index is 0.283. The van der Waals surface area contributed by atoms with Crippen LogP contribution in [0.2, 0.25) is 0 Å². The van der Waals surface area contributed by atoms with Crippen LogP contribution in [0.4, 0.5) is 0 Å². The number of nitrogens with one attached hydrogen (secondary N) is 1. The van der Waals surface area contributed by atoms with Gasteiger partial charge in [0.25, 0.3) is 5.91 Å². The highest BCUT2D eigenvalue weighted by Crippen LogP contribution is 2.07. The molecule has 0 spiro atoms. The first-order chi connectivity index (χ1) is 13.0. The van der Waals surface area contributed by atoms with E-state index in [4.69, 9.17) is 9.47 Å². The highest BCUT2D eigenvalue weighted by Gasteiger charge is 2.22. The maximum atomic E-state index is 12.1. The summed E-state index contributed by atoms with van der Waals surface area (Å²) in [6.45, 7) is 1.54. The van der Waals surface area contributed by atoms with E-state index in [1.165, 1.54) is 7.11 Å². The van der Waals surface area contributed by atoms with Gasteiger partial charge in [-0.25, -0.2) is 9.59 Å². The Labute approximate surface area is 158 Å². The van der Waals surface area contributed by atoms with Crippen molar-refractivity contribution in [1.29, 1.82) is 0 Å². The van der Waals surface area contributed by atoms with Crippen LogP contribution in [0.3, 0.4) is 0 Å². The lowest BCUT2D eigenvalue weighted by atomic mass is 10.1. The summed E-state index contributed by atoms with van der Waals surface area (Å²) >= 11 is 0. The van der Waals surface area contributed by atoms with Crippen molar-refractivity contribution in [2.45, 2.75) is 25.8 Å². The van der Waals surface area contributed by atoms with Crippen LogP contribution in [0.15, 0.2) is 54.6 Å². The summed E-state index contributed by atoms with van der Waals surface area (Å²) in [5.41, 5.74) is 2.35. The zero-order valence-corrected chi connectivity index (χ0v) is 15.4. The van der Waals surface area contributed by atoms with Crippen molar-refractivity contribution in [2.75, 3.05) is 13.7 Å². The maximum Gasteiger partial charge on any atom is 0.338 e. The Morgan fingerprint density at radius 2 is 1.63 bits per heavy atom. The number of aryl methyl sites for hydroxylation is 1. The number of rotatable bonds is 8. The summed E-state index contributed by atoms with van der Waals surface area (Å²) in [6.07, 6.45) is 1.15. The highest BCUT2D eigenvalue weighted by molar-refractivity contribution is 5.92. The van der Waals surface area contributed by atoms with Crippen molar-refractivity contribution >= 4 is 17.8 Å². The number of benzene rings is 2. The van der Waals surface area contributed by atoms with E-state index >= 15 is 0 Å². The predicted molar refractivity (Wildman–Crippen MR) is 100 cm³/mol. The van der Waals surface area contributed by atoms with Gasteiger partial charge >= 0.3 is 11.9 Å². The van der Waals surface area contributed by atoms with Crippen molar-refractivity contribution in [2.24, 2.45) is 0 Å². The standard InChI is InChI=1S/C21H23NO5/c1-3-15-9-11-17(12-10-15)20(24)27-14-19(23)22-18(21(25)26-2)13-16-7-5-4-6-8-16/h4-12,18H,3,13-14H2,1-2H3,(H,22,23)/t18-/m1/s1. The van der Waals surface area contributed by atoms with Crippen molar-refractivity contribution in [3.8, 4) is 0 Å². The van der Waals surface area contributed by atoms with Crippen LogP contribution in [-0.4, -0.2) is 37.6 Å². The Balaban J connectivity index is 1.90. The number of amides is 1. The molecule has 27 heavy (non-hydrogen) atoms. The third-order valence-corrected chi connectivity index (χ3v) is 4.04. The fraction of sp³-hybridized carbons (Fsp3) is 0.286. The smallest absolute Gasteiger partial charge is 0.338 e. The molecule has 0 saturated heterocycles. The number of esters is 2. The fourth-order valence-electron chi connectivity index (χ4n) is 2.51. The van der Waals surface area contributed by atoms with Crippen LogP contribution in [0.5, 0.6) is 0 Å². The molecule has 2 aromatic carbocycles. The van der Waals surface area contributed by atoms with Crippen LogP contribution < -0.4 is 5.32 Å². The molecule has 0 aliphatic heterocycles. The lowest BCUT2D eigenvalue weighted by Gasteiger charge is -2.16. The lowest BCUT2D eigenvalue weighted by molar-refractivity contribution is -0.145. The van der Waals surface area contributed by atoms with E-state index in [1.54, 1.807) is 12.1 Å². The molecule has 2 aromatic rings. The maximum absolute atomic E-state index is 12.1. The Morgan fingerprint density at radius 1 is 0.963 bits per heavy atom. The monoisotopic (exact) mass is 369 g/mol. The zero-order valence-electron chi connectivity index (χ0n) is 15.4. The first kappa shape index (κ1) is 20.2. The van der Waals surface area contributed by atoms with Crippen LogP contribution in [-0.2, 0) is 31.9 Å². The van der Waals surface area contributed by atoms with Gasteiger partial charge in [0.05, 0.1) is 12.7 Å². The summed E-state index contributed by atoms with van der Waals surface area (Å²) in [5.74, 6) is -1.72. The summed E-state index contributed by atoms with van der Waals surface area (Å²) in [7, 11) is 1.26. The van der Waals surface area contributed by atoms with Crippen LogP contribution in [0.25, 0.3) is 0 Å². The summed E-state index contributed by atoms with van der Waals surface area (Å²) in [5, 5.41) is 2.55. The van der Waals surface area contributed by atoms with E-state index in [0.717, 1.165) is 17.5 Å². The second-order valence-corrected chi connectivity index (χ2v) is 5.96. The number of carbonyl (C=O) groups excluding carboxylic acids is 3. The van der Waals surface area contributed by atoms with E-state index in [9.17, 15) is 14.4 Å². The van der Waals surface area contributed by atoms with Gasteiger partial charge in [-0.05, 0) is 29.7 Å². The third kappa shape index (κ3) is 6.26. The Hall–Kier alpha value is -3.15. The Bertz CT molecular complexity index is 771. The second kappa shape index (κ2) is 10.1. The van der Waals surface area contributed by atoms with Crippen molar-refractivity contribution in [3.05, 3.63) is 71.3 Å². The van der Waals surface area contributed by atoms with Gasteiger partial charge in [-0.15, -0.1) is 0 Å². The zero-order chi connectivity index (χ0) is 19.6. The number of hydrogen-bond donors (Lipinski definition) is 1. The third-order valence-electron chi connectivity index (χ3n) is 4.04. The van der Waals surface area contributed by atoms with Crippen molar-refractivity contribution in [1.82, 2.24) is 5.32 Å². The average Bonchev–Trinajstić information content (AvgIpc) is 2.71. The first-order valence-corrected chi connectivity index (χ1v) is 8.70. The van der Waals surface area contributed by atoms with Gasteiger partial charge in [-0.3, -0.25) is 4.79 Å². The largest absolute Gasteiger partial charge is 0.467 e. The molecule has 1 N–H and O–H groups in total. The quantitative estimate of drug-likeness (QED) is 0.722. The van der Waals surface area contributed by atoms with E-state index in [1.807, 2.05) is 49.4 Å². The molecule has 0 fully saturated rings. The number of carbonyl (C=O) groups is 3. The molecule has 0 radical (unpaired) electrons. The lowest BCUT2D eigenvalue weighted by Crippen LogP contribution is -2.44. The molecule has 6 nitrogen and oxygen atoms in total. The number of ether oxygens (including phenoxy) is 2. The molecule has 142 valence electrons. The van der Waals surface area contributed by atoms with Gasteiger partial charge in [-0.2, -0.15) is 0 Å². The molecule has 0 aliphatic rings. The molecule has 0 aliphatic carbocycles. The van der Waals surface area contributed by atoms with Gasteiger partial charge in [-0.1, -0.05) is 49.4 Å². The normalized spacial score (nSPS) is 11.3. The molecule has 2 rings (SSSR count). The molecule has 0 heterocycles. The van der Waals surface area contributed by atoms with Crippen molar-refractivity contribution < 1.29 is 23.9 Å². The Morgan fingerprint density at radius 3 is 2.22 bits per heavy atom. The summed E-state index contributed by atoms with van der Waals surface area (Å²) < 4.78 is 9.77. The Kier molecular flexibility index (Phi) is 7.55. The van der Waals surface area contributed by atoms with Gasteiger partial charge in [0.15, 0.2) is 6.61 Å². The number of hydrogen-bond acceptors (Lipinski definition) is 5. The summed E-state index contributed by atoms with van der Waals surface area (Å²) in [6, 6.07) is 15.4. The molecule has 1 amide bonds. The van der Waals surface area contributed by atoms with E-state index in [-0.39, 0.29) is 6.42 Å². The van der Waals surface area contributed by atoms with E-state index in [2.05, 4.69) is 5.32 Å². The van der Waals surface area contributed by atoms with Gasteiger partial charge < -0.3 is 14.8 Å². The van der Waals surface area contributed by atoms with E-state index in [0.29, 0.717) is 5.56 Å². The van der Waals surface area contributed by atoms with Gasteiger partial charge in [0.2, 0.25) is 0 Å². The topological polar surface area (TPSA) is 81.7 Å². The summed E-state index contributed by atoms with van der Waals surface area (Å²) in [4.78, 5) is 36.1. The van der Waals surface area contributed by atoms with Gasteiger partial charge in [0, 0.05) is 6.42 Å². The van der Waals surface area contributed by atoms with Gasteiger partial charge in [0.1, 0.15) is 6.04 Å². The van der Waals surface area contributed by atoms with Crippen LogP contribution in [0, 0.1) is 0 Å². The fourth-order valence-corrected chi connectivity index (χ4v) is 2.51. The molecule has 0 unspecified atom stereocenters.